The highest BCUT2D eigenvalue weighted by molar-refractivity contribution is 9.10. The molecule has 2 aromatic rings. The maximum absolute atomic E-state index is 12.3. The van der Waals surface area contributed by atoms with Crippen molar-refractivity contribution in [2.45, 2.75) is 13.3 Å². The van der Waals surface area contributed by atoms with Gasteiger partial charge in [0.15, 0.2) is 0 Å². The fourth-order valence-corrected chi connectivity index (χ4v) is 2.59. The van der Waals surface area contributed by atoms with Crippen LogP contribution < -0.4 is 5.32 Å². The number of anilines is 1. The molecule has 128 valence electrons. The predicted molar refractivity (Wildman–Crippen MR) is 95.0 cm³/mol. The maximum atomic E-state index is 12.3. The van der Waals surface area contributed by atoms with Gasteiger partial charge in [0.25, 0.3) is 0 Å². The minimum atomic E-state index is -0.943. The first-order chi connectivity index (χ1) is 11.3. The van der Waals surface area contributed by atoms with E-state index in [0.717, 1.165) is 21.3 Å². The predicted octanol–water partition coefficient (Wildman–Crippen LogP) is 3.10. The molecule has 0 radical (unpaired) electrons. The molecule has 0 spiro atoms. The zero-order chi connectivity index (χ0) is 17.9. The number of benzene rings is 1. The minimum Gasteiger partial charge on any atom is -0.481 e. The van der Waals surface area contributed by atoms with Crippen molar-refractivity contribution in [2.24, 2.45) is 7.05 Å². The molecule has 0 aliphatic rings. The second-order valence-corrected chi connectivity index (χ2v) is 6.35. The molecule has 0 bridgehead atoms. The zero-order valence-corrected chi connectivity index (χ0v) is 15.3. The first-order valence-corrected chi connectivity index (χ1v) is 8.12. The summed E-state index contributed by atoms with van der Waals surface area (Å²) in [6.45, 7) is 2.01. The Morgan fingerprint density at radius 3 is 2.54 bits per heavy atom. The first kappa shape index (κ1) is 18.0. The van der Waals surface area contributed by atoms with E-state index in [9.17, 15) is 9.59 Å². The normalized spacial score (nSPS) is 10.5. The number of nitrogens with zero attached hydrogens (tertiary/aromatic N) is 3. The van der Waals surface area contributed by atoms with Crippen molar-refractivity contribution in [1.29, 1.82) is 0 Å². The van der Waals surface area contributed by atoms with Crippen molar-refractivity contribution < 1.29 is 14.7 Å². The minimum absolute atomic E-state index is 0.103. The van der Waals surface area contributed by atoms with Crippen molar-refractivity contribution in [1.82, 2.24) is 14.7 Å². The summed E-state index contributed by atoms with van der Waals surface area (Å²) < 4.78 is 2.57. The number of rotatable bonds is 5. The van der Waals surface area contributed by atoms with E-state index >= 15 is 0 Å². The highest BCUT2D eigenvalue weighted by Gasteiger charge is 2.19. The van der Waals surface area contributed by atoms with Crippen LogP contribution in [0, 0.1) is 6.92 Å². The summed E-state index contributed by atoms with van der Waals surface area (Å²) in [4.78, 5) is 24.3. The molecule has 0 saturated heterocycles. The number of carbonyl (C=O) groups is 2. The van der Waals surface area contributed by atoms with Crippen LogP contribution >= 0.6 is 15.9 Å². The van der Waals surface area contributed by atoms with Crippen LogP contribution in [0.1, 0.15) is 12.1 Å². The van der Waals surface area contributed by atoms with E-state index in [-0.39, 0.29) is 19.0 Å². The number of hydrogen-bond donors (Lipinski definition) is 2. The Morgan fingerprint density at radius 1 is 1.33 bits per heavy atom. The Balaban J connectivity index is 2.26. The second-order valence-electron chi connectivity index (χ2n) is 5.43. The van der Waals surface area contributed by atoms with Gasteiger partial charge in [-0.2, -0.15) is 5.10 Å². The quantitative estimate of drug-likeness (QED) is 0.815. The molecule has 0 aliphatic heterocycles. The topological polar surface area (TPSA) is 87.5 Å². The van der Waals surface area contributed by atoms with Gasteiger partial charge in [-0.25, -0.2) is 4.79 Å². The molecule has 0 saturated carbocycles. The summed E-state index contributed by atoms with van der Waals surface area (Å²) in [7, 11) is 3.31. The molecule has 2 rings (SSSR count). The van der Waals surface area contributed by atoms with Crippen LogP contribution in [0.5, 0.6) is 0 Å². The molecular weight excluding hydrogens is 376 g/mol. The van der Waals surface area contributed by atoms with Gasteiger partial charge in [0, 0.05) is 30.7 Å². The monoisotopic (exact) mass is 394 g/mol. The summed E-state index contributed by atoms with van der Waals surface area (Å²) >= 11 is 3.40. The van der Waals surface area contributed by atoms with Gasteiger partial charge in [-0.3, -0.25) is 14.8 Å². The standard InChI is InChI=1S/C16H19BrN4O3/c1-10-14(11-4-6-12(17)7-5-11)15(21(3)19-10)18-16(24)20(2)9-8-13(22)23/h4-7H,8-9H2,1-3H3,(H,18,24)(H,22,23). The maximum Gasteiger partial charge on any atom is 0.322 e. The van der Waals surface area contributed by atoms with E-state index in [2.05, 4.69) is 26.3 Å². The summed E-state index contributed by atoms with van der Waals surface area (Å²) in [6.07, 6.45) is -0.103. The smallest absolute Gasteiger partial charge is 0.322 e. The third-order valence-electron chi connectivity index (χ3n) is 3.59. The van der Waals surface area contributed by atoms with Crippen LogP contribution in [-0.2, 0) is 11.8 Å². The third kappa shape index (κ3) is 4.14. The van der Waals surface area contributed by atoms with E-state index < -0.39 is 5.97 Å². The number of aryl methyl sites for hydroxylation is 2. The Bertz CT molecular complexity index is 755. The highest BCUT2D eigenvalue weighted by Crippen LogP contribution is 2.31. The van der Waals surface area contributed by atoms with E-state index in [0.29, 0.717) is 5.82 Å². The first-order valence-electron chi connectivity index (χ1n) is 7.33. The van der Waals surface area contributed by atoms with Crippen LogP contribution in [0.2, 0.25) is 0 Å². The number of hydrogen-bond acceptors (Lipinski definition) is 3. The SMILES string of the molecule is Cc1nn(C)c(NC(=O)N(C)CCC(=O)O)c1-c1ccc(Br)cc1. The number of carbonyl (C=O) groups excluding carboxylic acids is 1. The number of nitrogens with one attached hydrogen (secondary N) is 1. The van der Waals surface area contributed by atoms with E-state index in [4.69, 9.17) is 5.11 Å². The van der Waals surface area contributed by atoms with Crippen LogP contribution in [-0.4, -0.2) is 45.4 Å². The molecule has 0 aliphatic carbocycles. The summed E-state index contributed by atoms with van der Waals surface area (Å²) in [6, 6.07) is 7.35. The average Bonchev–Trinajstić information content (AvgIpc) is 2.79. The molecule has 1 aromatic heterocycles. The van der Waals surface area contributed by atoms with Crippen molar-refractivity contribution in [3.8, 4) is 11.1 Å². The molecule has 2 amide bonds. The van der Waals surface area contributed by atoms with E-state index in [1.807, 2.05) is 31.2 Å². The fourth-order valence-electron chi connectivity index (χ4n) is 2.33. The lowest BCUT2D eigenvalue weighted by atomic mass is 10.1. The number of carboxylic acid groups (broad SMARTS) is 1. The van der Waals surface area contributed by atoms with Gasteiger partial charge in [0.05, 0.1) is 12.1 Å². The van der Waals surface area contributed by atoms with Crippen LogP contribution in [0.25, 0.3) is 11.1 Å². The number of halogens is 1. The van der Waals surface area contributed by atoms with Crippen molar-refractivity contribution >= 4 is 33.7 Å². The molecule has 0 unspecified atom stereocenters. The summed E-state index contributed by atoms with van der Waals surface area (Å²) in [5, 5.41) is 15.9. The molecule has 7 nitrogen and oxygen atoms in total. The molecule has 0 atom stereocenters. The van der Waals surface area contributed by atoms with Gasteiger partial charge in [-0.05, 0) is 24.6 Å². The van der Waals surface area contributed by atoms with Gasteiger partial charge < -0.3 is 10.0 Å². The third-order valence-corrected chi connectivity index (χ3v) is 4.12. The highest BCUT2D eigenvalue weighted by atomic mass is 79.9. The van der Waals surface area contributed by atoms with Crippen LogP contribution in [0.4, 0.5) is 10.6 Å². The zero-order valence-electron chi connectivity index (χ0n) is 13.7. The Hall–Kier alpha value is -2.35. The second kappa shape index (κ2) is 7.48. The van der Waals surface area contributed by atoms with Crippen molar-refractivity contribution in [2.75, 3.05) is 18.9 Å². The van der Waals surface area contributed by atoms with E-state index in [1.165, 1.54) is 4.90 Å². The molecule has 2 N–H and O–H groups in total. The Kier molecular flexibility index (Phi) is 5.61. The fraction of sp³-hybridized carbons (Fsp3) is 0.312. The largest absolute Gasteiger partial charge is 0.481 e. The lowest BCUT2D eigenvalue weighted by Gasteiger charge is -2.18. The number of amides is 2. The molecule has 24 heavy (non-hydrogen) atoms. The molecule has 1 aromatic carbocycles. The molecule has 1 heterocycles. The summed E-state index contributed by atoms with van der Waals surface area (Å²) in [5.41, 5.74) is 2.57. The lowest BCUT2D eigenvalue weighted by molar-refractivity contribution is -0.137. The van der Waals surface area contributed by atoms with E-state index in [1.54, 1.807) is 18.8 Å². The van der Waals surface area contributed by atoms with Crippen molar-refractivity contribution in [3.05, 3.63) is 34.4 Å². The number of aromatic nitrogens is 2. The van der Waals surface area contributed by atoms with Gasteiger partial charge >= 0.3 is 12.0 Å². The molecule has 0 fully saturated rings. The van der Waals surface area contributed by atoms with Gasteiger partial charge in [0.2, 0.25) is 0 Å². The molecular formula is C16H19BrN4O3. The molecule has 8 heteroatoms. The summed E-state index contributed by atoms with van der Waals surface area (Å²) in [5.74, 6) is -0.372. The number of urea groups is 1. The van der Waals surface area contributed by atoms with Gasteiger partial charge in [0.1, 0.15) is 5.82 Å². The number of carboxylic acids is 1. The van der Waals surface area contributed by atoms with Gasteiger partial charge in [-0.15, -0.1) is 0 Å². The van der Waals surface area contributed by atoms with Crippen LogP contribution in [0.15, 0.2) is 28.7 Å². The van der Waals surface area contributed by atoms with Crippen LogP contribution in [0.3, 0.4) is 0 Å². The average molecular weight is 395 g/mol. The van der Waals surface area contributed by atoms with Crippen molar-refractivity contribution in [3.63, 3.8) is 0 Å². The number of aliphatic carboxylic acids is 1. The van der Waals surface area contributed by atoms with Gasteiger partial charge in [-0.1, -0.05) is 28.1 Å². The Morgan fingerprint density at radius 2 is 1.96 bits per heavy atom. The Labute approximate surface area is 148 Å². The lowest BCUT2D eigenvalue weighted by Crippen LogP contribution is -2.33.